The topological polar surface area (TPSA) is 71.8 Å². The summed E-state index contributed by atoms with van der Waals surface area (Å²) in [6.07, 6.45) is 2.13. The Morgan fingerprint density at radius 3 is 2.25 bits per heavy atom. The molecule has 3 aromatic carbocycles. The highest BCUT2D eigenvalue weighted by Gasteiger charge is 2.26. The van der Waals surface area contributed by atoms with Crippen LogP contribution < -0.4 is 10.6 Å². The number of carbonyl (C=O) groups is 1. The molecule has 1 amide bonds. The van der Waals surface area contributed by atoms with Crippen LogP contribution in [0, 0.1) is 13.8 Å². The van der Waals surface area contributed by atoms with Gasteiger partial charge in [0.2, 0.25) is 5.95 Å². The summed E-state index contributed by atoms with van der Waals surface area (Å²) < 4.78 is 1.81. The lowest BCUT2D eigenvalue weighted by Gasteiger charge is -2.24. The summed E-state index contributed by atoms with van der Waals surface area (Å²) in [5.74, 6) is 0.602. The molecule has 2 N–H and O–H groups in total. The van der Waals surface area contributed by atoms with Crippen LogP contribution in [0.15, 0.2) is 84.9 Å². The molecule has 158 valence electrons. The normalized spacial score (nSPS) is 14.8. The van der Waals surface area contributed by atoms with Crippen LogP contribution in [-0.2, 0) is 0 Å². The average Bonchev–Trinajstić information content (AvgIpc) is 3.22. The number of amides is 1. The highest BCUT2D eigenvalue weighted by Crippen LogP contribution is 2.33. The first kappa shape index (κ1) is 19.8. The van der Waals surface area contributed by atoms with Crippen molar-refractivity contribution in [3.63, 3.8) is 0 Å². The second-order valence-corrected chi connectivity index (χ2v) is 7.95. The number of hydrogen-bond acceptors (Lipinski definition) is 4. The number of nitrogens with zero attached hydrogens (tertiary/aromatic N) is 3. The summed E-state index contributed by atoms with van der Waals surface area (Å²) in [4.78, 5) is 17.3. The molecule has 5 rings (SSSR count). The summed E-state index contributed by atoms with van der Waals surface area (Å²) in [6.45, 7) is 4.05. The standard InChI is InChI=1S/C26H23N5O/c1-17-8-12-20(13-9-17)23-16-22(19-6-4-3-5-7-19)27-26-29-25(30-31(23)26)28-24(32)21-14-10-18(2)11-15-21/h3-16,23H,1-2H3,(H2,27,28,29,30,32)/t23-/m1/s1. The van der Waals surface area contributed by atoms with Crippen LogP contribution in [0.2, 0.25) is 0 Å². The first-order valence-corrected chi connectivity index (χ1v) is 10.5. The van der Waals surface area contributed by atoms with Gasteiger partial charge in [0, 0.05) is 11.3 Å². The number of hydrogen-bond donors (Lipinski definition) is 2. The number of aryl methyl sites for hydroxylation is 2. The molecule has 0 saturated heterocycles. The predicted octanol–water partition coefficient (Wildman–Crippen LogP) is 5.20. The maximum atomic E-state index is 12.7. The van der Waals surface area contributed by atoms with E-state index in [4.69, 9.17) is 0 Å². The molecule has 0 aliphatic carbocycles. The van der Waals surface area contributed by atoms with Crippen molar-refractivity contribution in [2.75, 3.05) is 10.6 Å². The van der Waals surface area contributed by atoms with Crippen molar-refractivity contribution in [2.24, 2.45) is 0 Å². The lowest BCUT2D eigenvalue weighted by molar-refractivity contribution is 0.102. The van der Waals surface area contributed by atoms with Crippen LogP contribution in [0.3, 0.4) is 0 Å². The smallest absolute Gasteiger partial charge is 0.258 e. The van der Waals surface area contributed by atoms with Gasteiger partial charge in [0.15, 0.2) is 0 Å². The van der Waals surface area contributed by atoms with E-state index in [1.165, 1.54) is 5.56 Å². The van der Waals surface area contributed by atoms with Gasteiger partial charge in [-0.05, 0) is 43.2 Å². The summed E-state index contributed by atoms with van der Waals surface area (Å²) in [7, 11) is 0. The van der Waals surface area contributed by atoms with E-state index < -0.39 is 0 Å². The van der Waals surface area contributed by atoms with Crippen LogP contribution in [0.4, 0.5) is 11.9 Å². The summed E-state index contributed by atoms with van der Waals surface area (Å²) in [5.41, 5.74) is 5.96. The molecule has 0 radical (unpaired) electrons. The van der Waals surface area contributed by atoms with Crippen LogP contribution >= 0.6 is 0 Å². The highest BCUT2D eigenvalue weighted by atomic mass is 16.1. The molecular weight excluding hydrogens is 398 g/mol. The second-order valence-electron chi connectivity index (χ2n) is 7.95. The average molecular weight is 422 g/mol. The van der Waals surface area contributed by atoms with Crippen molar-refractivity contribution in [1.82, 2.24) is 14.8 Å². The number of nitrogens with one attached hydrogen (secondary N) is 2. The maximum absolute atomic E-state index is 12.7. The van der Waals surface area contributed by atoms with Gasteiger partial charge in [0.05, 0.1) is 0 Å². The van der Waals surface area contributed by atoms with Gasteiger partial charge >= 0.3 is 0 Å². The maximum Gasteiger partial charge on any atom is 0.258 e. The lowest BCUT2D eigenvalue weighted by Crippen LogP contribution is -2.20. The summed E-state index contributed by atoms with van der Waals surface area (Å²) >= 11 is 0. The molecule has 1 aromatic heterocycles. The van der Waals surface area contributed by atoms with Crippen LogP contribution in [0.1, 0.15) is 38.7 Å². The van der Waals surface area contributed by atoms with Gasteiger partial charge in [0.25, 0.3) is 11.9 Å². The number of fused-ring (bicyclic) bond motifs is 1. The van der Waals surface area contributed by atoms with Gasteiger partial charge in [-0.2, -0.15) is 4.98 Å². The molecule has 6 heteroatoms. The van der Waals surface area contributed by atoms with E-state index in [9.17, 15) is 4.79 Å². The first-order chi connectivity index (χ1) is 15.6. The molecule has 0 unspecified atom stereocenters. The fraction of sp³-hybridized carbons (Fsp3) is 0.115. The monoisotopic (exact) mass is 421 g/mol. The van der Waals surface area contributed by atoms with Crippen LogP contribution in [0.5, 0.6) is 0 Å². The fourth-order valence-electron chi connectivity index (χ4n) is 3.71. The molecule has 0 spiro atoms. The zero-order chi connectivity index (χ0) is 22.1. The predicted molar refractivity (Wildman–Crippen MR) is 127 cm³/mol. The van der Waals surface area contributed by atoms with E-state index in [1.54, 1.807) is 12.1 Å². The Kier molecular flexibility index (Phi) is 5.03. The zero-order valence-corrected chi connectivity index (χ0v) is 17.9. The van der Waals surface area contributed by atoms with Crippen molar-refractivity contribution in [1.29, 1.82) is 0 Å². The van der Waals surface area contributed by atoms with E-state index in [2.05, 4.69) is 70.1 Å². The third kappa shape index (κ3) is 3.90. The van der Waals surface area contributed by atoms with Crippen molar-refractivity contribution >= 4 is 23.5 Å². The first-order valence-electron chi connectivity index (χ1n) is 10.5. The quantitative estimate of drug-likeness (QED) is 0.475. The fourth-order valence-corrected chi connectivity index (χ4v) is 3.71. The van der Waals surface area contributed by atoms with Crippen molar-refractivity contribution in [3.8, 4) is 0 Å². The third-order valence-corrected chi connectivity index (χ3v) is 5.51. The number of anilines is 2. The van der Waals surface area contributed by atoms with Crippen LogP contribution in [0.25, 0.3) is 5.70 Å². The van der Waals surface area contributed by atoms with E-state index in [0.29, 0.717) is 11.5 Å². The minimum atomic E-state index is -0.240. The number of carbonyl (C=O) groups excluding carboxylic acids is 1. The number of rotatable bonds is 4. The van der Waals surface area contributed by atoms with Gasteiger partial charge in [-0.25, -0.2) is 4.68 Å². The molecule has 6 nitrogen and oxygen atoms in total. The van der Waals surface area contributed by atoms with Crippen molar-refractivity contribution in [3.05, 3.63) is 113 Å². The van der Waals surface area contributed by atoms with Gasteiger partial charge in [-0.15, -0.1) is 5.10 Å². The Morgan fingerprint density at radius 2 is 1.56 bits per heavy atom. The van der Waals surface area contributed by atoms with Crippen LogP contribution in [-0.4, -0.2) is 20.7 Å². The molecule has 32 heavy (non-hydrogen) atoms. The third-order valence-electron chi connectivity index (χ3n) is 5.51. The van der Waals surface area contributed by atoms with Gasteiger partial charge in [-0.1, -0.05) is 77.9 Å². The molecule has 0 fully saturated rings. The van der Waals surface area contributed by atoms with E-state index in [1.807, 2.05) is 41.9 Å². The Balaban J connectivity index is 1.50. The van der Waals surface area contributed by atoms with E-state index in [-0.39, 0.29) is 17.9 Å². The molecule has 1 aliphatic rings. The van der Waals surface area contributed by atoms with Gasteiger partial charge < -0.3 is 5.32 Å². The molecule has 1 atom stereocenters. The zero-order valence-electron chi connectivity index (χ0n) is 17.9. The van der Waals surface area contributed by atoms with Gasteiger partial charge in [-0.3, -0.25) is 10.1 Å². The SMILES string of the molecule is Cc1ccc(C(=O)Nc2nc3n(n2)[C@@H](c2ccc(C)cc2)C=C(c2ccccc2)N3)cc1. The highest BCUT2D eigenvalue weighted by molar-refractivity contribution is 6.03. The minimum Gasteiger partial charge on any atom is -0.324 e. The Hall–Kier alpha value is -4.19. The number of aromatic nitrogens is 3. The summed E-state index contributed by atoms with van der Waals surface area (Å²) in [6, 6.07) is 25.7. The molecule has 1 aliphatic heterocycles. The molecule has 4 aromatic rings. The second kappa shape index (κ2) is 8.15. The Labute approximate surface area is 186 Å². The minimum absolute atomic E-state index is 0.153. The van der Waals surface area contributed by atoms with Gasteiger partial charge in [0.1, 0.15) is 6.04 Å². The molecule has 0 bridgehead atoms. The van der Waals surface area contributed by atoms with E-state index in [0.717, 1.165) is 22.4 Å². The molecule has 0 saturated carbocycles. The number of benzene rings is 3. The van der Waals surface area contributed by atoms with E-state index >= 15 is 0 Å². The molecule has 2 heterocycles. The molecular formula is C26H23N5O. The summed E-state index contributed by atoms with van der Waals surface area (Å²) in [5, 5.41) is 10.8. The largest absolute Gasteiger partial charge is 0.324 e. The Bertz CT molecular complexity index is 1290. The lowest BCUT2D eigenvalue weighted by atomic mass is 10.0. The number of allylic oxidation sites excluding steroid dienone is 1. The van der Waals surface area contributed by atoms with Crippen molar-refractivity contribution < 1.29 is 4.79 Å². The Morgan fingerprint density at radius 1 is 0.906 bits per heavy atom. The van der Waals surface area contributed by atoms with Crippen molar-refractivity contribution in [2.45, 2.75) is 19.9 Å².